The monoisotopic (exact) mass is 142 g/mol. The molecule has 1 aromatic rings. The van der Waals surface area contributed by atoms with Gasteiger partial charge in [0.25, 0.3) is 5.56 Å². The number of hydrogen-bond acceptors (Lipinski definition) is 2. The molecular formula is C6H7FN2O. The van der Waals surface area contributed by atoms with Gasteiger partial charge in [-0.1, -0.05) is 0 Å². The zero-order valence-electron chi connectivity index (χ0n) is 5.47. The van der Waals surface area contributed by atoms with Gasteiger partial charge in [-0.05, 0) is 6.92 Å². The van der Waals surface area contributed by atoms with Crippen LogP contribution in [0.4, 0.5) is 4.39 Å². The second-order valence-electron chi connectivity index (χ2n) is 1.95. The minimum Gasteiger partial charge on any atom is -0.313 e. The lowest BCUT2D eigenvalue weighted by molar-refractivity contribution is 0.365. The van der Waals surface area contributed by atoms with Crippen LogP contribution in [-0.4, -0.2) is 9.97 Å². The van der Waals surface area contributed by atoms with Gasteiger partial charge in [0.1, 0.15) is 6.17 Å². The lowest BCUT2D eigenvalue weighted by Gasteiger charge is -1.96. The summed E-state index contributed by atoms with van der Waals surface area (Å²) < 4.78 is 12.4. The molecule has 0 spiro atoms. The second kappa shape index (κ2) is 2.60. The second-order valence-corrected chi connectivity index (χ2v) is 1.95. The Hall–Kier alpha value is -1.19. The first-order valence-corrected chi connectivity index (χ1v) is 2.89. The number of aromatic nitrogens is 2. The maximum atomic E-state index is 12.4. The van der Waals surface area contributed by atoms with Crippen molar-refractivity contribution in [1.29, 1.82) is 0 Å². The maximum Gasteiger partial charge on any atom is 0.251 e. The highest BCUT2D eigenvalue weighted by Crippen LogP contribution is 2.09. The summed E-state index contributed by atoms with van der Waals surface area (Å²) in [5, 5.41) is 0. The van der Waals surface area contributed by atoms with E-state index in [1.165, 1.54) is 13.3 Å². The van der Waals surface area contributed by atoms with Crippen LogP contribution in [0.1, 0.15) is 18.8 Å². The summed E-state index contributed by atoms with van der Waals surface area (Å²) in [7, 11) is 0. The Morgan fingerprint density at radius 1 is 1.80 bits per heavy atom. The molecule has 54 valence electrons. The van der Waals surface area contributed by atoms with Crippen molar-refractivity contribution in [2.45, 2.75) is 13.1 Å². The highest BCUT2D eigenvalue weighted by molar-refractivity contribution is 5.00. The number of nitrogens with zero attached hydrogens (tertiary/aromatic N) is 1. The lowest BCUT2D eigenvalue weighted by Crippen LogP contribution is -2.06. The average Bonchev–Trinajstić information content (AvgIpc) is 1.88. The van der Waals surface area contributed by atoms with E-state index in [1.807, 2.05) is 0 Å². The Kier molecular flexibility index (Phi) is 1.80. The van der Waals surface area contributed by atoms with Crippen LogP contribution in [0.15, 0.2) is 17.2 Å². The summed E-state index contributed by atoms with van der Waals surface area (Å²) in [5.74, 6) is 0. The molecule has 0 aliphatic carbocycles. The highest BCUT2D eigenvalue weighted by atomic mass is 19.1. The van der Waals surface area contributed by atoms with Crippen LogP contribution in [0.3, 0.4) is 0 Å². The van der Waals surface area contributed by atoms with E-state index in [0.717, 1.165) is 6.07 Å². The molecule has 0 radical (unpaired) electrons. The first kappa shape index (κ1) is 6.92. The Morgan fingerprint density at radius 2 is 2.50 bits per heavy atom. The molecule has 3 nitrogen and oxygen atoms in total. The zero-order chi connectivity index (χ0) is 7.56. The van der Waals surface area contributed by atoms with E-state index in [2.05, 4.69) is 9.97 Å². The molecule has 0 bridgehead atoms. The molecule has 0 aliphatic rings. The molecule has 0 amide bonds. The molecule has 10 heavy (non-hydrogen) atoms. The molecular weight excluding hydrogens is 135 g/mol. The van der Waals surface area contributed by atoms with E-state index < -0.39 is 6.17 Å². The van der Waals surface area contributed by atoms with Crippen molar-refractivity contribution in [1.82, 2.24) is 9.97 Å². The van der Waals surface area contributed by atoms with Crippen molar-refractivity contribution in [2.75, 3.05) is 0 Å². The minimum absolute atomic E-state index is 0.170. The summed E-state index contributed by atoms with van der Waals surface area (Å²) in [6.45, 7) is 1.34. The van der Waals surface area contributed by atoms with Gasteiger partial charge in [0.15, 0.2) is 0 Å². The van der Waals surface area contributed by atoms with Crippen molar-refractivity contribution < 1.29 is 4.39 Å². The third-order valence-electron chi connectivity index (χ3n) is 1.11. The number of hydrogen-bond donors (Lipinski definition) is 1. The molecule has 0 saturated carbocycles. The Bertz CT molecular complexity index is 268. The third-order valence-corrected chi connectivity index (χ3v) is 1.11. The molecule has 1 aromatic heterocycles. The molecule has 1 unspecified atom stereocenters. The summed E-state index contributed by atoms with van der Waals surface area (Å²) >= 11 is 0. The molecule has 0 aliphatic heterocycles. The fourth-order valence-corrected chi connectivity index (χ4v) is 0.601. The van der Waals surface area contributed by atoms with E-state index in [4.69, 9.17) is 0 Å². The number of aromatic amines is 1. The Morgan fingerprint density at radius 3 is 2.90 bits per heavy atom. The van der Waals surface area contributed by atoms with E-state index in [-0.39, 0.29) is 11.3 Å². The normalized spacial score (nSPS) is 13.0. The van der Waals surface area contributed by atoms with E-state index >= 15 is 0 Å². The van der Waals surface area contributed by atoms with Gasteiger partial charge in [-0.3, -0.25) is 4.79 Å². The topological polar surface area (TPSA) is 45.8 Å². The third kappa shape index (κ3) is 1.40. The fraction of sp³-hybridized carbons (Fsp3) is 0.333. The van der Waals surface area contributed by atoms with Gasteiger partial charge in [-0.15, -0.1) is 0 Å². The van der Waals surface area contributed by atoms with Crippen molar-refractivity contribution in [3.05, 3.63) is 28.4 Å². The van der Waals surface area contributed by atoms with Gasteiger partial charge >= 0.3 is 0 Å². The van der Waals surface area contributed by atoms with Crippen LogP contribution in [0.25, 0.3) is 0 Å². The molecule has 1 heterocycles. The highest BCUT2D eigenvalue weighted by Gasteiger charge is 2.02. The molecule has 1 rings (SSSR count). The molecule has 1 atom stereocenters. The van der Waals surface area contributed by atoms with Crippen LogP contribution in [0, 0.1) is 0 Å². The summed E-state index contributed by atoms with van der Waals surface area (Å²) in [4.78, 5) is 16.4. The predicted octanol–water partition coefficient (Wildman–Crippen LogP) is 0.800. The Labute approximate surface area is 56.9 Å². The minimum atomic E-state index is -1.18. The van der Waals surface area contributed by atoms with Crippen LogP contribution in [0.2, 0.25) is 0 Å². The van der Waals surface area contributed by atoms with E-state index in [0.29, 0.717) is 0 Å². The number of alkyl halides is 1. The zero-order valence-corrected chi connectivity index (χ0v) is 5.47. The maximum absolute atomic E-state index is 12.4. The predicted molar refractivity (Wildman–Crippen MR) is 34.4 cm³/mol. The fourth-order valence-electron chi connectivity index (χ4n) is 0.601. The SMILES string of the molecule is CC(F)c1cc(=O)[nH]cn1. The molecule has 0 aromatic carbocycles. The van der Waals surface area contributed by atoms with Gasteiger partial charge in [0.2, 0.25) is 0 Å². The van der Waals surface area contributed by atoms with Crippen molar-refractivity contribution in [2.24, 2.45) is 0 Å². The van der Waals surface area contributed by atoms with Gasteiger partial charge in [0, 0.05) is 6.07 Å². The quantitative estimate of drug-likeness (QED) is 0.630. The van der Waals surface area contributed by atoms with Crippen LogP contribution in [0.5, 0.6) is 0 Å². The van der Waals surface area contributed by atoms with Crippen LogP contribution < -0.4 is 5.56 Å². The van der Waals surface area contributed by atoms with Gasteiger partial charge < -0.3 is 4.98 Å². The summed E-state index contributed by atoms with van der Waals surface area (Å²) in [5.41, 5.74) is -0.154. The van der Waals surface area contributed by atoms with Crippen molar-refractivity contribution in [3.63, 3.8) is 0 Å². The molecule has 0 saturated heterocycles. The molecule has 4 heteroatoms. The number of rotatable bonds is 1. The van der Waals surface area contributed by atoms with Crippen molar-refractivity contribution in [3.8, 4) is 0 Å². The van der Waals surface area contributed by atoms with Crippen molar-refractivity contribution >= 4 is 0 Å². The summed E-state index contributed by atoms with van der Waals surface area (Å²) in [6.07, 6.45) is 0.00981. The van der Waals surface area contributed by atoms with Crippen LogP contribution >= 0.6 is 0 Å². The summed E-state index contributed by atoms with van der Waals surface area (Å²) in [6, 6.07) is 1.14. The number of halogens is 1. The molecule has 1 N–H and O–H groups in total. The smallest absolute Gasteiger partial charge is 0.251 e. The van der Waals surface area contributed by atoms with Gasteiger partial charge in [0.05, 0.1) is 12.0 Å². The van der Waals surface area contributed by atoms with E-state index in [9.17, 15) is 9.18 Å². The van der Waals surface area contributed by atoms with Gasteiger partial charge in [-0.25, -0.2) is 9.37 Å². The van der Waals surface area contributed by atoms with Gasteiger partial charge in [-0.2, -0.15) is 0 Å². The Balaban J connectivity index is 3.07. The molecule has 0 fully saturated rings. The number of nitrogens with one attached hydrogen (secondary N) is 1. The number of H-pyrrole nitrogens is 1. The lowest BCUT2D eigenvalue weighted by atomic mass is 10.3. The average molecular weight is 142 g/mol. The largest absolute Gasteiger partial charge is 0.313 e. The standard InChI is InChI=1S/C6H7FN2O/c1-4(7)5-2-6(10)9-3-8-5/h2-4H,1H3,(H,8,9,10). The first-order chi connectivity index (χ1) is 4.70. The first-order valence-electron chi connectivity index (χ1n) is 2.89. The van der Waals surface area contributed by atoms with Crippen LogP contribution in [-0.2, 0) is 0 Å². The van der Waals surface area contributed by atoms with E-state index in [1.54, 1.807) is 0 Å².